The summed E-state index contributed by atoms with van der Waals surface area (Å²) in [6.45, 7) is 4.20. The minimum absolute atomic E-state index is 0.193. The number of β-amino-alcohol motifs (C(OH)–C–C–N with tert-alkyl or cyclic N) is 1. The normalized spacial score (nSPS) is 19.9. The molecule has 0 radical (unpaired) electrons. The number of rotatable bonds is 3. The highest BCUT2D eigenvalue weighted by Crippen LogP contribution is 2.32. The Balaban J connectivity index is 1.63. The number of aryl methyl sites for hydroxylation is 1. The van der Waals surface area contributed by atoms with Crippen molar-refractivity contribution in [2.24, 2.45) is 0 Å². The van der Waals surface area contributed by atoms with E-state index in [2.05, 4.69) is 11.0 Å². The molecule has 0 bridgehead atoms. The van der Waals surface area contributed by atoms with E-state index in [1.165, 1.54) is 16.2 Å². The quantitative estimate of drug-likeness (QED) is 0.913. The van der Waals surface area contributed by atoms with Crippen LogP contribution in [-0.2, 0) is 12.2 Å². The molecule has 0 aliphatic carbocycles. The monoisotopic (exact) mass is 312 g/mol. The van der Waals surface area contributed by atoms with E-state index in [1.807, 2.05) is 16.7 Å². The highest BCUT2D eigenvalue weighted by atomic mass is 32.2. The molecule has 4 nitrogen and oxygen atoms in total. The van der Waals surface area contributed by atoms with Crippen LogP contribution in [0.1, 0.15) is 20.1 Å². The molecular formula is C14H20N2O2S2. The van der Waals surface area contributed by atoms with Gasteiger partial charge in [-0.25, -0.2) is 0 Å². The Labute approximate surface area is 127 Å². The van der Waals surface area contributed by atoms with Gasteiger partial charge in [-0.3, -0.25) is 9.69 Å². The molecule has 1 fully saturated rings. The van der Waals surface area contributed by atoms with Gasteiger partial charge in [0.1, 0.15) is 0 Å². The topological polar surface area (TPSA) is 43.8 Å². The Hall–Kier alpha value is -0.560. The number of carbonyl (C=O) groups is 1. The number of piperazine rings is 1. The lowest BCUT2D eigenvalue weighted by Gasteiger charge is -2.34. The molecule has 0 atom stereocenters. The molecule has 3 heterocycles. The molecule has 1 saturated heterocycles. The number of hydrogen-bond donors (Lipinski definition) is 1. The van der Waals surface area contributed by atoms with Crippen LogP contribution in [0.2, 0.25) is 0 Å². The van der Waals surface area contributed by atoms with Gasteiger partial charge in [0.25, 0.3) is 5.91 Å². The number of aliphatic hydroxyl groups is 1. The predicted molar refractivity (Wildman–Crippen MR) is 83.6 cm³/mol. The van der Waals surface area contributed by atoms with Gasteiger partial charge in [-0.1, -0.05) is 0 Å². The van der Waals surface area contributed by atoms with Gasteiger partial charge in [-0.2, -0.15) is 11.8 Å². The van der Waals surface area contributed by atoms with Crippen molar-refractivity contribution in [1.82, 2.24) is 9.80 Å². The van der Waals surface area contributed by atoms with Crippen LogP contribution in [-0.4, -0.2) is 65.9 Å². The maximum Gasteiger partial charge on any atom is 0.264 e. The van der Waals surface area contributed by atoms with Gasteiger partial charge in [-0.15, -0.1) is 11.3 Å². The first-order valence-electron chi connectivity index (χ1n) is 7.10. The fourth-order valence-electron chi connectivity index (χ4n) is 2.72. The summed E-state index contributed by atoms with van der Waals surface area (Å²) in [6.07, 6.45) is 1.11. The average molecular weight is 312 g/mol. The van der Waals surface area contributed by atoms with Gasteiger partial charge in [0.15, 0.2) is 0 Å². The van der Waals surface area contributed by atoms with Crippen LogP contribution in [0.25, 0.3) is 0 Å². The minimum Gasteiger partial charge on any atom is -0.395 e. The number of fused-ring (bicyclic) bond motifs is 1. The molecule has 20 heavy (non-hydrogen) atoms. The highest BCUT2D eigenvalue weighted by molar-refractivity contribution is 7.98. The summed E-state index contributed by atoms with van der Waals surface area (Å²) in [5.74, 6) is 2.43. The summed E-state index contributed by atoms with van der Waals surface area (Å²) >= 11 is 3.65. The van der Waals surface area contributed by atoms with Crippen molar-refractivity contribution in [3.63, 3.8) is 0 Å². The molecule has 2 aliphatic rings. The van der Waals surface area contributed by atoms with Crippen molar-refractivity contribution in [3.8, 4) is 0 Å². The predicted octanol–water partition coefficient (Wildman–Crippen LogP) is 1.29. The number of nitrogens with zero attached hydrogens (tertiary/aromatic N) is 2. The number of thiophene rings is 1. The second-order valence-corrected chi connectivity index (χ2v) is 7.46. The number of amides is 1. The number of aliphatic hydroxyl groups excluding tert-OH is 1. The van der Waals surface area contributed by atoms with E-state index in [9.17, 15) is 4.79 Å². The van der Waals surface area contributed by atoms with Crippen molar-refractivity contribution in [3.05, 3.63) is 21.4 Å². The third-order valence-electron chi connectivity index (χ3n) is 3.91. The molecule has 3 rings (SSSR count). The van der Waals surface area contributed by atoms with Crippen molar-refractivity contribution in [1.29, 1.82) is 0 Å². The summed E-state index contributed by atoms with van der Waals surface area (Å²) in [5, 5.41) is 8.94. The van der Waals surface area contributed by atoms with Crippen LogP contribution in [0.3, 0.4) is 0 Å². The van der Waals surface area contributed by atoms with E-state index in [1.54, 1.807) is 11.3 Å². The largest absolute Gasteiger partial charge is 0.395 e. The van der Waals surface area contributed by atoms with Gasteiger partial charge in [-0.05, 0) is 23.8 Å². The van der Waals surface area contributed by atoms with Crippen molar-refractivity contribution >= 4 is 29.0 Å². The van der Waals surface area contributed by atoms with E-state index >= 15 is 0 Å². The van der Waals surface area contributed by atoms with Crippen LogP contribution < -0.4 is 0 Å². The lowest BCUT2D eigenvalue weighted by molar-refractivity contribution is 0.0619. The van der Waals surface area contributed by atoms with Gasteiger partial charge in [0, 0.05) is 43.4 Å². The Morgan fingerprint density at radius 2 is 2.10 bits per heavy atom. The SMILES string of the molecule is O=C(c1cc2c(s1)CCSC2)N1CCN(CCO)CC1. The standard InChI is InChI=1S/C14H20N2O2S2/c17-7-6-15-2-4-16(5-3-15)14(18)13-9-11-10-19-8-1-12(11)20-13/h9,17H,1-8,10H2. The van der Waals surface area contributed by atoms with Crippen LogP contribution in [0.5, 0.6) is 0 Å². The third kappa shape index (κ3) is 3.03. The molecule has 0 saturated carbocycles. The molecular weight excluding hydrogens is 292 g/mol. The summed E-state index contributed by atoms with van der Waals surface area (Å²) in [4.78, 5) is 19.0. The van der Waals surface area contributed by atoms with Crippen molar-refractivity contribution in [2.75, 3.05) is 45.1 Å². The first-order chi connectivity index (χ1) is 9.78. The summed E-state index contributed by atoms with van der Waals surface area (Å²) in [5.41, 5.74) is 1.37. The summed E-state index contributed by atoms with van der Waals surface area (Å²) < 4.78 is 0. The smallest absolute Gasteiger partial charge is 0.264 e. The fraction of sp³-hybridized carbons (Fsp3) is 0.643. The second kappa shape index (κ2) is 6.47. The van der Waals surface area contributed by atoms with Gasteiger partial charge in [0.2, 0.25) is 0 Å². The zero-order chi connectivity index (χ0) is 13.9. The molecule has 1 aromatic heterocycles. The lowest BCUT2D eigenvalue weighted by Crippen LogP contribution is -2.49. The van der Waals surface area contributed by atoms with Crippen molar-refractivity contribution < 1.29 is 9.90 Å². The number of hydrogen-bond acceptors (Lipinski definition) is 5. The zero-order valence-corrected chi connectivity index (χ0v) is 13.1. The Bertz CT molecular complexity index is 458. The molecule has 0 spiro atoms. The molecule has 6 heteroatoms. The van der Waals surface area contributed by atoms with Crippen LogP contribution in [0.4, 0.5) is 0 Å². The van der Waals surface area contributed by atoms with E-state index in [4.69, 9.17) is 5.11 Å². The van der Waals surface area contributed by atoms with E-state index < -0.39 is 0 Å². The Morgan fingerprint density at radius 3 is 2.80 bits per heavy atom. The van der Waals surface area contributed by atoms with Gasteiger partial charge < -0.3 is 10.0 Å². The van der Waals surface area contributed by atoms with E-state index in [-0.39, 0.29) is 12.5 Å². The minimum atomic E-state index is 0.193. The Morgan fingerprint density at radius 1 is 1.30 bits per heavy atom. The maximum atomic E-state index is 12.5. The van der Waals surface area contributed by atoms with Crippen molar-refractivity contribution in [2.45, 2.75) is 12.2 Å². The summed E-state index contributed by atoms with van der Waals surface area (Å²) in [7, 11) is 0. The van der Waals surface area contributed by atoms with Gasteiger partial charge in [0.05, 0.1) is 11.5 Å². The molecule has 1 amide bonds. The molecule has 110 valence electrons. The molecule has 2 aliphatic heterocycles. The van der Waals surface area contributed by atoms with Crippen LogP contribution in [0.15, 0.2) is 6.07 Å². The van der Waals surface area contributed by atoms with E-state index in [0.717, 1.165) is 43.2 Å². The first kappa shape index (κ1) is 14.4. The zero-order valence-electron chi connectivity index (χ0n) is 11.5. The Kier molecular flexibility index (Phi) is 4.65. The van der Waals surface area contributed by atoms with E-state index in [0.29, 0.717) is 6.54 Å². The molecule has 1 N–H and O–H groups in total. The van der Waals surface area contributed by atoms with Crippen LogP contribution in [0, 0.1) is 0 Å². The molecule has 0 unspecified atom stereocenters. The lowest BCUT2D eigenvalue weighted by atomic mass is 10.2. The third-order valence-corrected chi connectivity index (χ3v) is 6.15. The second-order valence-electron chi connectivity index (χ2n) is 5.22. The average Bonchev–Trinajstić information content (AvgIpc) is 2.91. The fourth-order valence-corrected chi connectivity index (χ4v) is 5.06. The number of thioether (sulfide) groups is 1. The van der Waals surface area contributed by atoms with Gasteiger partial charge >= 0.3 is 0 Å². The highest BCUT2D eigenvalue weighted by Gasteiger charge is 2.24. The molecule has 0 aromatic carbocycles. The first-order valence-corrected chi connectivity index (χ1v) is 9.07. The summed E-state index contributed by atoms with van der Waals surface area (Å²) in [6, 6.07) is 2.11. The van der Waals surface area contributed by atoms with Crippen LogP contribution >= 0.6 is 23.1 Å². The molecule has 1 aromatic rings. The maximum absolute atomic E-state index is 12.5. The number of carbonyl (C=O) groups excluding carboxylic acids is 1.